The summed E-state index contributed by atoms with van der Waals surface area (Å²) in [6.07, 6.45) is 0. The van der Waals surface area contributed by atoms with Crippen molar-refractivity contribution in [1.82, 2.24) is 0 Å². The van der Waals surface area contributed by atoms with Crippen LogP contribution in [0.4, 0.5) is 11.4 Å². The maximum Gasteiger partial charge on any atom is 0.271 e. The molecule has 1 N–H and O–H groups in total. The average molecular weight is 256 g/mol. The summed E-state index contributed by atoms with van der Waals surface area (Å²) in [6.45, 7) is 4.31. The van der Waals surface area contributed by atoms with Crippen molar-refractivity contribution in [3.05, 3.63) is 33.9 Å². The van der Waals surface area contributed by atoms with Crippen LogP contribution in [-0.4, -0.2) is 27.2 Å². The van der Waals surface area contributed by atoms with Gasteiger partial charge in [-0.15, -0.1) is 0 Å². The van der Waals surface area contributed by atoms with Crippen LogP contribution in [0.5, 0.6) is 0 Å². The molecule has 0 aromatic heterocycles. The fourth-order valence-corrected chi connectivity index (χ4v) is 1.98. The molecule has 0 saturated carbocycles. The van der Waals surface area contributed by atoms with Crippen molar-refractivity contribution in [2.75, 3.05) is 23.4 Å². The topological polar surface area (TPSA) is 72.2 Å². The predicted octanol–water partition coefficient (Wildman–Crippen LogP) is 2.08. The maximum atomic E-state index is 11.2. The minimum Gasteiger partial charge on any atom is -0.384 e. The van der Waals surface area contributed by atoms with E-state index in [4.69, 9.17) is 0 Å². The molecule has 0 bridgehead atoms. The van der Waals surface area contributed by atoms with Crippen LogP contribution in [0.3, 0.4) is 0 Å². The van der Waals surface area contributed by atoms with E-state index in [9.17, 15) is 14.3 Å². The number of hydrogen-bond donors (Lipinski definition) is 1. The third kappa shape index (κ3) is 4.14. The standard InChI is InChI=1S/C11H16N2O3S/c1-3-17(16)7-6-12-11-8-10(13(14)15)5-4-9(11)2/h4-5,8,12H,3,6-7H2,1-2H3. The van der Waals surface area contributed by atoms with Crippen molar-refractivity contribution >= 4 is 22.2 Å². The van der Waals surface area contributed by atoms with E-state index in [1.807, 2.05) is 13.8 Å². The van der Waals surface area contributed by atoms with Gasteiger partial charge in [0.15, 0.2) is 0 Å². The van der Waals surface area contributed by atoms with E-state index in [0.29, 0.717) is 18.1 Å². The number of benzene rings is 1. The van der Waals surface area contributed by atoms with Crippen LogP contribution in [0, 0.1) is 17.0 Å². The molecule has 1 atom stereocenters. The van der Waals surface area contributed by atoms with Crippen molar-refractivity contribution < 1.29 is 9.13 Å². The molecule has 0 saturated heterocycles. The first-order valence-corrected chi connectivity index (χ1v) is 6.87. The van der Waals surface area contributed by atoms with E-state index in [0.717, 1.165) is 11.3 Å². The van der Waals surface area contributed by atoms with Crippen molar-refractivity contribution in [3.63, 3.8) is 0 Å². The number of non-ortho nitro benzene ring substituents is 1. The fraction of sp³-hybridized carbons (Fsp3) is 0.455. The highest BCUT2D eigenvalue weighted by Crippen LogP contribution is 2.21. The van der Waals surface area contributed by atoms with Gasteiger partial charge < -0.3 is 5.32 Å². The molecular weight excluding hydrogens is 240 g/mol. The second kappa shape index (κ2) is 6.34. The Hall–Kier alpha value is -1.43. The van der Waals surface area contributed by atoms with Crippen LogP contribution in [-0.2, 0) is 10.8 Å². The van der Waals surface area contributed by atoms with E-state index >= 15 is 0 Å². The first-order valence-electron chi connectivity index (χ1n) is 5.38. The van der Waals surface area contributed by atoms with Crippen molar-refractivity contribution in [2.24, 2.45) is 0 Å². The maximum absolute atomic E-state index is 11.2. The first-order chi connectivity index (χ1) is 8.04. The summed E-state index contributed by atoms with van der Waals surface area (Å²) in [7, 11) is -0.818. The Morgan fingerprint density at radius 1 is 1.47 bits per heavy atom. The molecule has 1 unspecified atom stereocenters. The Morgan fingerprint density at radius 3 is 2.76 bits per heavy atom. The number of nitrogens with one attached hydrogen (secondary N) is 1. The number of nitro groups is 1. The molecule has 0 aliphatic carbocycles. The van der Waals surface area contributed by atoms with Gasteiger partial charge in [-0.25, -0.2) is 0 Å². The average Bonchev–Trinajstić information content (AvgIpc) is 2.30. The molecule has 0 heterocycles. The van der Waals surface area contributed by atoms with Crippen molar-refractivity contribution in [1.29, 1.82) is 0 Å². The lowest BCUT2D eigenvalue weighted by molar-refractivity contribution is -0.384. The Labute approximate surface area is 103 Å². The molecule has 1 aromatic rings. The van der Waals surface area contributed by atoms with E-state index < -0.39 is 15.7 Å². The molecule has 1 rings (SSSR count). The Bertz CT molecular complexity index is 435. The lowest BCUT2D eigenvalue weighted by Crippen LogP contribution is -2.12. The zero-order chi connectivity index (χ0) is 12.8. The highest BCUT2D eigenvalue weighted by Gasteiger charge is 2.08. The van der Waals surface area contributed by atoms with Crippen molar-refractivity contribution in [3.8, 4) is 0 Å². The van der Waals surface area contributed by atoms with Crippen LogP contribution in [0.15, 0.2) is 18.2 Å². The van der Waals surface area contributed by atoms with Gasteiger partial charge in [0, 0.05) is 46.7 Å². The summed E-state index contributed by atoms with van der Waals surface area (Å²) >= 11 is 0. The van der Waals surface area contributed by atoms with E-state index in [2.05, 4.69) is 5.32 Å². The molecule has 6 heteroatoms. The minimum absolute atomic E-state index is 0.0645. The number of hydrogen-bond acceptors (Lipinski definition) is 4. The van der Waals surface area contributed by atoms with Gasteiger partial charge in [-0.05, 0) is 12.5 Å². The van der Waals surface area contributed by atoms with E-state index in [1.165, 1.54) is 12.1 Å². The van der Waals surface area contributed by atoms with Crippen LogP contribution >= 0.6 is 0 Å². The summed E-state index contributed by atoms with van der Waals surface area (Å²) in [5.41, 5.74) is 1.74. The molecule has 5 nitrogen and oxygen atoms in total. The highest BCUT2D eigenvalue weighted by atomic mass is 32.2. The number of anilines is 1. The molecule has 0 fully saturated rings. The van der Waals surface area contributed by atoms with Gasteiger partial charge in [0.25, 0.3) is 5.69 Å². The number of rotatable bonds is 6. The lowest BCUT2D eigenvalue weighted by Gasteiger charge is -2.08. The molecular formula is C11H16N2O3S. The third-order valence-corrected chi connectivity index (χ3v) is 3.70. The zero-order valence-electron chi connectivity index (χ0n) is 9.93. The Balaban J connectivity index is 2.66. The fourth-order valence-electron chi connectivity index (χ4n) is 1.36. The van der Waals surface area contributed by atoms with Gasteiger partial charge in [-0.1, -0.05) is 13.0 Å². The molecule has 1 aromatic carbocycles. The zero-order valence-corrected chi connectivity index (χ0v) is 10.8. The summed E-state index contributed by atoms with van der Waals surface area (Å²) in [4.78, 5) is 10.2. The minimum atomic E-state index is -0.818. The summed E-state index contributed by atoms with van der Waals surface area (Å²) in [6, 6.07) is 4.69. The van der Waals surface area contributed by atoms with Gasteiger partial charge in [-0.2, -0.15) is 0 Å². The Kier molecular flexibility index (Phi) is 5.09. The van der Waals surface area contributed by atoms with Gasteiger partial charge in [-0.3, -0.25) is 14.3 Å². The van der Waals surface area contributed by atoms with Crippen LogP contribution in [0.2, 0.25) is 0 Å². The van der Waals surface area contributed by atoms with Gasteiger partial charge >= 0.3 is 0 Å². The molecule has 17 heavy (non-hydrogen) atoms. The van der Waals surface area contributed by atoms with Gasteiger partial charge in [0.1, 0.15) is 0 Å². The third-order valence-electron chi connectivity index (χ3n) is 2.40. The first kappa shape index (κ1) is 13.6. The normalized spacial score (nSPS) is 12.1. The molecule has 0 amide bonds. The largest absolute Gasteiger partial charge is 0.384 e. The molecule has 0 aliphatic heterocycles. The van der Waals surface area contributed by atoms with Gasteiger partial charge in [0.2, 0.25) is 0 Å². The number of nitrogens with zero attached hydrogens (tertiary/aromatic N) is 1. The summed E-state index contributed by atoms with van der Waals surface area (Å²) < 4.78 is 11.2. The SMILES string of the molecule is CCS(=O)CCNc1cc([N+](=O)[O-])ccc1C. The predicted molar refractivity (Wildman–Crippen MR) is 69.9 cm³/mol. The van der Waals surface area contributed by atoms with Crippen molar-refractivity contribution in [2.45, 2.75) is 13.8 Å². The Morgan fingerprint density at radius 2 is 2.18 bits per heavy atom. The summed E-state index contributed by atoms with van der Waals surface area (Å²) in [5, 5.41) is 13.7. The molecule has 0 radical (unpaired) electrons. The molecule has 94 valence electrons. The van der Waals surface area contributed by atoms with Crippen LogP contribution in [0.1, 0.15) is 12.5 Å². The van der Waals surface area contributed by atoms with Crippen LogP contribution < -0.4 is 5.32 Å². The second-order valence-corrected chi connectivity index (χ2v) is 5.48. The monoisotopic (exact) mass is 256 g/mol. The second-order valence-electron chi connectivity index (χ2n) is 3.62. The quantitative estimate of drug-likeness (QED) is 0.624. The number of nitro benzene ring substituents is 1. The van der Waals surface area contributed by atoms with Crippen LogP contribution in [0.25, 0.3) is 0 Å². The molecule has 0 aliphatic rings. The smallest absolute Gasteiger partial charge is 0.271 e. The van der Waals surface area contributed by atoms with E-state index in [-0.39, 0.29) is 5.69 Å². The molecule has 0 spiro atoms. The summed E-state index contributed by atoms with van der Waals surface area (Å²) in [5.74, 6) is 1.19. The highest BCUT2D eigenvalue weighted by molar-refractivity contribution is 7.84. The van der Waals surface area contributed by atoms with Gasteiger partial charge in [0.05, 0.1) is 4.92 Å². The number of aryl methyl sites for hydroxylation is 1. The lowest BCUT2D eigenvalue weighted by atomic mass is 10.2. The van der Waals surface area contributed by atoms with E-state index in [1.54, 1.807) is 6.07 Å².